The Morgan fingerprint density at radius 3 is 2.71 bits per heavy atom. The third kappa shape index (κ3) is 2.72. The summed E-state index contributed by atoms with van der Waals surface area (Å²) in [6.07, 6.45) is 3.78. The number of hydrogen-bond acceptors (Lipinski definition) is 1. The zero-order chi connectivity index (χ0) is 10.1. The quantitative estimate of drug-likeness (QED) is 0.889. The van der Waals surface area contributed by atoms with E-state index in [1.165, 1.54) is 12.8 Å². The highest BCUT2D eigenvalue weighted by Crippen LogP contribution is 2.37. The topological polar surface area (TPSA) is 26.0 Å². The zero-order valence-electron chi connectivity index (χ0n) is 7.84. The van der Waals surface area contributed by atoms with Gasteiger partial charge in [-0.25, -0.2) is 0 Å². The second-order valence-electron chi connectivity index (χ2n) is 3.99. The van der Waals surface area contributed by atoms with Crippen LogP contribution in [0.15, 0.2) is 22.7 Å². The van der Waals surface area contributed by atoms with Gasteiger partial charge in [0.2, 0.25) is 0 Å². The zero-order valence-corrected chi connectivity index (χ0v) is 10.2. The van der Waals surface area contributed by atoms with E-state index in [9.17, 15) is 0 Å². The smallest absolute Gasteiger partial charge is 0.0420 e. The molecule has 0 aliphatic heterocycles. The van der Waals surface area contributed by atoms with Crippen LogP contribution in [0.25, 0.3) is 0 Å². The molecule has 0 saturated heterocycles. The highest BCUT2D eigenvalue weighted by Gasteiger charge is 2.24. The Labute approximate surface area is 97.8 Å². The number of halogens is 2. The summed E-state index contributed by atoms with van der Waals surface area (Å²) in [7, 11) is 0. The molecule has 2 rings (SSSR count). The van der Waals surface area contributed by atoms with E-state index in [1.54, 1.807) is 0 Å². The van der Waals surface area contributed by atoms with Crippen molar-refractivity contribution < 1.29 is 0 Å². The number of nitrogens with two attached hydrogens (primary N) is 1. The van der Waals surface area contributed by atoms with Crippen molar-refractivity contribution >= 4 is 27.5 Å². The molecule has 1 fully saturated rings. The van der Waals surface area contributed by atoms with E-state index in [0.717, 1.165) is 27.4 Å². The normalized spacial score (nSPS) is 18.2. The van der Waals surface area contributed by atoms with Crippen molar-refractivity contribution in [2.75, 3.05) is 0 Å². The third-order valence-corrected chi connectivity index (χ3v) is 3.27. The standard InChI is InChI=1S/C11H13BrClN/c12-9-4-8(5-10(13)6-9)11(14)3-7-1-2-7/h4-7,11H,1-3,14H2. The predicted molar refractivity (Wildman–Crippen MR) is 63.4 cm³/mol. The van der Waals surface area contributed by atoms with Gasteiger partial charge in [-0.1, -0.05) is 40.4 Å². The Bertz CT molecular complexity index is 316. The molecule has 1 nitrogen and oxygen atoms in total. The molecule has 1 aliphatic rings. The van der Waals surface area contributed by atoms with Gasteiger partial charge in [0.15, 0.2) is 0 Å². The Morgan fingerprint density at radius 2 is 2.14 bits per heavy atom. The fraction of sp³-hybridized carbons (Fsp3) is 0.455. The molecule has 0 heterocycles. The Balaban J connectivity index is 2.12. The summed E-state index contributed by atoms with van der Waals surface area (Å²) >= 11 is 9.38. The summed E-state index contributed by atoms with van der Waals surface area (Å²) in [6, 6.07) is 6.03. The average molecular weight is 275 g/mol. The summed E-state index contributed by atoms with van der Waals surface area (Å²) in [5.74, 6) is 0.850. The van der Waals surface area contributed by atoms with Crippen LogP contribution in [0.1, 0.15) is 30.9 Å². The molecule has 3 heteroatoms. The highest BCUT2D eigenvalue weighted by molar-refractivity contribution is 9.10. The first-order chi connectivity index (χ1) is 6.65. The van der Waals surface area contributed by atoms with Crippen LogP contribution in [0.4, 0.5) is 0 Å². The molecule has 14 heavy (non-hydrogen) atoms. The summed E-state index contributed by atoms with van der Waals surface area (Å²) in [4.78, 5) is 0. The number of rotatable bonds is 3. The molecule has 0 aromatic heterocycles. The van der Waals surface area contributed by atoms with Gasteiger partial charge < -0.3 is 5.73 Å². The van der Waals surface area contributed by atoms with Gasteiger partial charge in [0.25, 0.3) is 0 Å². The van der Waals surface area contributed by atoms with Crippen LogP contribution in [0.5, 0.6) is 0 Å². The molecule has 0 amide bonds. The minimum absolute atomic E-state index is 0.137. The molecule has 0 spiro atoms. The lowest BCUT2D eigenvalue weighted by molar-refractivity contribution is 0.597. The molecule has 1 saturated carbocycles. The Morgan fingerprint density at radius 1 is 1.43 bits per heavy atom. The Hall–Kier alpha value is -0.0500. The van der Waals surface area contributed by atoms with Gasteiger partial charge in [0, 0.05) is 15.5 Å². The molecule has 76 valence electrons. The van der Waals surface area contributed by atoms with Crippen molar-refractivity contribution in [3.63, 3.8) is 0 Å². The lowest BCUT2D eigenvalue weighted by Crippen LogP contribution is -2.10. The van der Waals surface area contributed by atoms with Crippen LogP contribution in [-0.2, 0) is 0 Å². The van der Waals surface area contributed by atoms with Crippen LogP contribution in [-0.4, -0.2) is 0 Å². The highest BCUT2D eigenvalue weighted by atomic mass is 79.9. The van der Waals surface area contributed by atoms with Gasteiger partial charge in [-0.3, -0.25) is 0 Å². The van der Waals surface area contributed by atoms with Crippen molar-refractivity contribution in [1.29, 1.82) is 0 Å². The summed E-state index contributed by atoms with van der Waals surface area (Å²) < 4.78 is 1.01. The largest absolute Gasteiger partial charge is 0.324 e. The summed E-state index contributed by atoms with van der Waals surface area (Å²) in [5.41, 5.74) is 7.23. The maximum Gasteiger partial charge on any atom is 0.0420 e. The number of hydrogen-bond donors (Lipinski definition) is 1. The van der Waals surface area contributed by atoms with Gasteiger partial charge in [0.05, 0.1) is 0 Å². The van der Waals surface area contributed by atoms with Gasteiger partial charge in [-0.2, -0.15) is 0 Å². The van der Waals surface area contributed by atoms with E-state index in [-0.39, 0.29) is 6.04 Å². The lowest BCUT2D eigenvalue weighted by Gasteiger charge is -2.12. The van der Waals surface area contributed by atoms with E-state index < -0.39 is 0 Å². The summed E-state index contributed by atoms with van der Waals surface area (Å²) in [5, 5.41) is 0.751. The van der Waals surface area contributed by atoms with Crippen molar-refractivity contribution in [3.05, 3.63) is 33.3 Å². The summed E-state index contributed by atoms with van der Waals surface area (Å²) in [6.45, 7) is 0. The van der Waals surface area contributed by atoms with E-state index in [0.29, 0.717) is 0 Å². The van der Waals surface area contributed by atoms with E-state index in [1.807, 2.05) is 12.1 Å². The first-order valence-electron chi connectivity index (χ1n) is 4.87. The molecular weight excluding hydrogens is 261 g/mol. The number of benzene rings is 1. The maximum absolute atomic E-state index is 6.09. The van der Waals surface area contributed by atoms with E-state index in [2.05, 4.69) is 22.0 Å². The van der Waals surface area contributed by atoms with Crippen LogP contribution >= 0.6 is 27.5 Å². The van der Waals surface area contributed by atoms with Gasteiger partial charge in [0.1, 0.15) is 0 Å². The third-order valence-electron chi connectivity index (χ3n) is 2.60. The van der Waals surface area contributed by atoms with E-state index >= 15 is 0 Å². The molecule has 1 atom stereocenters. The van der Waals surface area contributed by atoms with Gasteiger partial charge in [-0.05, 0) is 36.1 Å². The fourth-order valence-corrected chi connectivity index (χ4v) is 2.52. The Kier molecular flexibility index (Phi) is 3.15. The average Bonchev–Trinajstić information content (AvgIpc) is 2.86. The molecule has 0 radical (unpaired) electrons. The van der Waals surface area contributed by atoms with Crippen molar-refractivity contribution in [1.82, 2.24) is 0 Å². The molecule has 1 unspecified atom stereocenters. The van der Waals surface area contributed by atoms with E-state index in [4.69, 9.17) is 17.3 Å². The molecule has 2 N–H and O–H groups in total. The first-order valence-corrected chi connectivity index (χ1v) is 6.04. The van der Waals surface area contributed by atoms with Crippen LogP contribution in [0.2, 0.25) is 5.02 Å². The first kappa shape index (κ1) is 10.5. The predicted octanol–water partition coefficient (Wildman–Crippen LogP) is 3.90. The molecule has 1 aliphatic carbocycles. The van der Waals surface area contributed by atoms with Crippen molar-refractivity contribution in [2.45, 2.75) is 25.3 Å². The SMILES string of the molecule is NC(CC1CC1)c1cc(Cl)cc(Br)c1. The van der Waals surface area contributed by atoms with Crippen LogP contribution in [0.3, 0.4) is 0 Å². The molecule has 0 bridgehead atoms. The maximum atomic E-state index is 6.09. The molecule has 1 aromatic rings. The van der Waals surface area contributed by atoms with Crippen LogP contribution in [0, 0.1) is 5.92 Å². The molecular formula is C11H13BrClN. The monoisotopic (exact) mass is 273 g/mol. The second kappa shape index (κ2) is 4.21. The fourth-order valence-electron chi connectivity index (χ4n) is 1.64. The molecule has 1 aromatic carbocycles. The van der Waals surface area contributed by atoms with Gasteiger partial charge >= 0.3 is 0 Å². The lowest BCUT2D eigenvalue weighted by atomic mass is 10.0. The minimum Gasteiger partial charge on any atom is -0.324 e. The minimum atomic E-state index is 0.137. The van der Waals surface area contributed by atoms with Crippen molar-refractivity contribution in [2.24, 2.45) is 11.7 Å². The second-order valence-corrected chi connectivity index (χ2v) is 5.34. The van der Waals surface area contributed by atoms with Crippen molar-refractivity contribution in [3.8, 4) is 0 Å². The van der Waals surface area contributed by atoms with Crippen LogP contribution < -0.4 is 5.73 Å². The van der Waals surface area contributed by atoms with Gasteiger partial charge in [-0.15, -0.1) is 0 Å².